The summed E-state index contributed by atoms with van der Waals surface area (Å²) in [7, 11) is 0. The van der Waals surface area contributed by atoms with Crippen molar-refractivity contribution in [1.82, 2.24) is 10.2 Å². The van der Waals surface area contributed by atoms with Crippen LogP contribution in [0.25, 0.3) is 0 Å². The Morgan fingerprint density at radius 3 is 3.12 bits per heavy atom. The molecule has 98 valence electrons. The molecule has 0 saturated carbocycles. The second kappa shape index (κ2) is 6.36. The van der Waals surface area contributed by atoms with E-state index in [2.05, 4.69) is 12.2 Å². The first-order valence-corrected chi connectivity index (χ1v) is 6.88. The number of carbonyl (C=O) groups is 1. The SMILES string of the molecule is CCCC1CCN(C(=O)CC2COCCN2)C1. The topological polar surface area (TPSA) is 41.6 Å². The predicted molar refractivity (Wildman–Crippen MR) is 66.8 cm³/mol. The molecule has 2 aliphatic heterocycles. The van der Waals surface area contributed by atoms with Gasteiger partial charge in [0.05, 0.1) is 13.2 Å². The van der Waals surface area contributed by atoms with Gasteiger partial charge in [-0.25, -0.2) is 0 Å². The van der Waals surface area contributed by atoms with E-state index in [-0.39, 0.29) is 6.04 Å². The van der Waals surface area contributed by atoms with Crippen LogP contribution in [-0.2, 0) is 9.53 Å². The van der Waals surface area contributed by atoms with Crippen LogP contribution in [0.4, 0.5) is 0 Å². The van der Waals surface area contributed by atoms with E-state index >= 15 is 0 Å². The summed E-state index contributed by atoms with van der Waals surface area (Å²) in [4.78, 5) is 14.1. The average molecular weight is 240 g/mol. The lowest BCUT2D eigenvalue weighted by Crippen LogP contribution is -2.44. The number of hydrogen-bond acceptors (Lipinski definition) is 3. The Labute approximate surface area is 104 Å². The van der Waals surface area contributed by atoms with Crippen molar-refractivity contribution in [2.45, 2.75) is 38.6 Å². The number of ether oxygens (including phenoxy) is 1. The summed E-state index contributed by atoms with van der Waals surface area (Å²) in [6.45, 7) is 6.46. The number of amides is 1. The second-order valence-corrected chi connectivity index (χ2v) is 5.21. The predicted octanol–water partition coefficient (Wildman–Crippen LogP) is 1.01. The second-order valence-electron chi connectivity index (χ2n) is 5.21. The molecule has 0 bridgehead atoms. The molecular weight excluding hydrogens is 216 g/mol. The van der Waals surface area contributed by atoms with Crippen LogP contribution in [0.5, 0.6) is 0 Å². The minimum absolute atomic E-state index is 0.224. The van der Waals surface area contributed by atoms with Gasteiger partial charge in [0, 0.05) is 32.1 Å². The minimum Gasteiger partial charge on any atom is -0.378 e. The van der Waals surface area contributed by atoms with Gasteiger partial charge in [0.25, 0.3) is 0 Å². The number of rotatable bonds is 4. The fraction of sp³-hybridized carbons (Fsp3) is 0.923. The number of carbonyl (C=O) groups excluding carboxylic acids is 1. The average Bonchev–Trinajstić information content (AvgIpc) is 2.79. The Balaban J connectivity index is 1.72. The van der Waals surface area contributed by atoms with Gasteiger partial charge >= 0.3 is 0 Å². The highest BCUT2D eigenvalue weighted by atomic mass is 16.5. The lowest BCUT2D eigenvalue weighted by atomic mass is 10.0. The maximum Gasteiger partial charge on any atom is 0.224 e. The highest BCUT2D eigenvalue weighted by molar-refractivity contribution is 5.77. The molecule has 2 aliphatic rings. The monoisotopic (exact) mass is 240 g/mol. The third kappa shape index (κ3) is 3.68. The fourth-order valence-corrected chi connectivity index (χ4v) is 2.79. The molecule has 2 heterocycles. The number of morpholine rings is 1. The van der Waals surface area contributed by atoms with E-state index in [0.29, 0.717) is 18.9 Å². The van der Waals surface area contributed by atoms with Crippen molar-refractivity contribution >= 4 is 5.91 Å². The van der Waals surface area contributed by atoms with Gasteiger partial charge in [-0.3, -0.25) is 4.79 Å². The van der Waals surface area contributed by atoms with Gasteiger partial charge in [-0.05, 0) is 18.8 Å². The summed E-state index contributed by atoms with van der Waals surface area (Å²) in [5.74, 6) is 1.03. The first kappa shape index (κ1) is 12.8. The van der Waals surface area contributed by atoms with Gasteiger partial charge in [-0.1, -0.05) is 13.3 Å². The molecule has 4 nitrogen and oxygen atoms in total. The van der Waals surface area contributed by atoms with Crippen LogP contribution < -0.4 is 5.32 Å². The summed E-state index contributed by atoms with van der Waals surface area (Å²) in [5, 5.41) is 3.34. The Morgan fingerprint density at radius 1 is 1.53 bits per heavy atom. The third-order valence-electron chi connectivity index (χ3n) is 3.75. The number of nitrogens with one attached hydrogen (secondary N) is 1. The molecule has 2 saturated heterocycles. The Bertz CT molecular complexity index is 252. The van der Waals surface area contributed by atoms with E-state index in [1.54, 1.807) is 0 Å². The molecular formula is C13H24N2O2. The van der Waals surface area contributed by atoms with Crippen molar-refractivity contribution in [3.05, 3.63) is 0 Å². The quantitative estimate of drug-likeness (QED) is 0.797. The highest BCUT2D eigenvalue weighted by Crippen LogP contribution is 2.21. The van der Waals surface area contributed by atoms with Crippen molar-refractivity contribution in [3.63, 3.8) is 0 Å². The fourth-order valence-electron chi connectivity index (χ4n) is 2.79. The summed E-state index contributed by atoms with van der Waals surface area (Å²) in [5.41, 5.74) is 0. The smallest absolute Gasteiger partial charge is 0.224 e. The lowest BCUT2D eigenvalue weighted by molar-refractivity contribution is -0.131. The van der Waals surface area contributed by atoms with Crippen molar-refractivity contribution < 1.29 is 9.53 Å². The molecule has 1 amide bonds. The summed E-state index contributed by atoms with van der Waals surface area (Å²) in [6, 6.07) is 0.224. The Hall–Kier alpha value is -0.610. The largest absolute Gasteiger partial charge is 0.378 e. The normalized spacial score (nSPS) is 29.6. The van der Waals surface area contributed by atoms with Crippen molar-refractivity contribution in [1.29, 1.82) is 0 Å². The molecule has 0 radical (unpaired) electrons. The van der Waals surface area contributed by atoms with Gasteiger partial charge in [0.2, 0.25) is 5.91 Å². The van der Waals surface area contributed by atoms with Crippen LogP contribution in [0.1, 0.15) is 32.6 Å². The van der Waals surface area contributed by atoms with Crippen molar-refractivity contribution in [3.8, 4) is 0 Å². The molecule has 2 unspecified atom stereocenters. The van der Waals surface area contributed by atoms with E-state index < -0.39 is 0 Å². The standard InChI is InChI=1S/C13H24N2O2/c1-2-3-11-4-6-15(9-11)13(16)8-12-10-17-7-5-14-12/h11-12,14H,2-10H2,1H3. The molecule has 1 N–H and O–H groups in total. The maximum absolute atomic E-state index is 12.1. The van der Waals surface area contributed by atoms with Crippen LogP contribution in [0, 0.1) is 5.92 Å². The maximum atomic E-state index is 12.1. The Kier molecular flexibility index (Phi) is 4.80. The van der Waals surface area contributed by atoms with Crippen LogP contribution in [0.15, 0.2) is 0 Å². The van der Waals surface area contributed by atoms with E-state index in [4.69, 9.17) is 4.74 Å². The van der Waals surface area contributed by atoms with Crippen molar-refractivity contribution in [2.24, 2.45) is 5.92 Å². The number of likely N-dealkylation sites (tertiary alicyclic amines) is 1. The van der Waals surface area contributed by atoms with Crippen LogP contribution in [0.3, 0.4) is 0 Å². The molecule has 2 atom stereocenters. The molecule has 0 spiro atoms. The number of hydrogen-bond donors (Lipinski definition) is 1. The van der Waals surface area contributed by atoms with Crippen molar-refractivity contribution in [2.75, 3.05) is 32.8 Å². The zero-order valence-corrected chi connectivity index (χ0v) is 10.8. The highest BCUT2D eigenvalue weighted by Gasteiger charge is 2.27. The van der Waals surface area contributed by atoms with Gasteiger partial charge in [-0.2, -0.15) is 0 Å². The Morgan fingerprint density at radius 2 is 2.41 bits per heavy atom. The van der Waals surface area contributed by atoms with E-state index in [1.807, 2.05) is 4.90 Å². The molecule has 2 rings (SSSR count). The zero-order valence-electron chi connectivity index (χ0n) is 10.8. The van der Waals surface area contributed by atoms with Gasteiger partial charge < -0.3 is 15.0 Å². The van der Waals surface area contributed by atoms with Gasteiger partial charge in [0.1, 0.15) is 0 Å². The molecule has 0 aromatic carbocycles. The van der Waals surface area contributed by atoms with Gasteiger partial charge in [-0.15, -0.1) is 0 Å². The lowest BCUT2D eigenvalue weighted by Gasteiger charge is -2.25. The van der Waals surface area contributed by atoms with E-state index in [1.165, 1.54) is 19.3 Å². The molecule has 0 aromatic heterocycles. The zero-order chi connectivity index (χ0) is 12.1. The molecule has 2 fully saturated rings. The first-order valence-electron chi connectivity index (χ1n) is 6.88. The summed E-state index contributed by atoms with van der Waals surface area (Å²) < 4.78 is 5.37. The minimum atomic E-state index is 0.224. The molecule has 17 heavy (non-hydrogen) atoms. The van der Waals surface area contributed by atoms with Crippen LogP contribution >= 0.6 is 0 Å². The molecule has 0 aliphatic carbocycles. The van der Waals surface area contributed by atoms with Crippen LogP contribution in [0.2, 0.25) is 0 Å². The van der Waals surface area contributed by atoms with Crippen LogP contribution in [-0.4, -0.2) is 49.7 Å². The van der Waals surface area contributed by atoms with Gasteiger partial charge in [0.15, 0.2) is 0 Å². The van der Waals surface area contributed by atoms with E-state index in [0.717, 1.165) is 32.2 Å². The summed E-state index contributed by atoms with van der Waals surface area (Å²) in [6.07, 6.45) is 4.27. The number of nitrogens with zero attached hydrogens (tertiary/aromatic N) is 1. The summed E-state index contributed by atoms with van der Waals surface area (Å²) >= 11 is 0. The third-order valence-corrected chi connectivity index (χ3v) is 3.75. The van der Waals surface area contributed by atoms with E-state index in [9.17, 15) is 4.79 Å². The molecule has 0 aromatic rings. The first-order chi connectivity index (χ1) is 8.29. The molecule has 4 heteroatoms.